The van der Waals surface area contributed by atoms with Crippen LogP contribution in [0.2, 0.25) is 0 Å². The summed E-state index contributed by atoms with van der Waals surface area (Å²) >= 11 is 0. The van der Waals surface area contributed by atoms with Crippen molar-refractivity contribution in [2.24, 2.45) is 10.8 Å². The third-order valence-corrected chi connectivity index (χ3v) is 3.67. The van der Waals surface area contributed by atoms with Gasteiger partial charge in [0.15, 0.2) is 0 Å². The highest BCUT2D eigenvalue weighted by Crippen LogP contribution is 2.45. The second kappa shape index (κ2) is 4.45. The zero-order valence-corrected chi connectivity index (χ0v) is 11.5. The number of aromatic amines is 1. The van der Waals surface area contributed by atoms with Gasteiger partial charge in [-0.15, -0.1) is 0 Å². The van der Waals surface area contributed by atoms with Crippen LogP contribution in [-0.4, -0.2) is 16.0 Å². The van der Waals surface area contributed by atoms with Gasteiger partial charge >= 0.3 is 0 Å². The fourth-order valence-corrected chi connectivity index (χ4v) is 3.63. The Kier molecular flexibility index (Phi) is 3.30. The summed E-state index contributed by atoms with van der Waals surface area (Å²) in [6, 6.07) is 0.610. The van der Waals surface area contributed by atoms with E-state index in [1.54, 1.807) is 0 Å². The molecule has 3 heteroatoms. The highest BCUT2D eigenvalue weighted by atomic mass is 15.0. The zero-order valence-electron chi connectivity index (χ0n) is 11.5. The highest BCUT2D eigenvalue weighted by molar-refractivity contribution is 4.94. The molecule has 0 unspecified atom stereocenters. The van der Waals surface area contributed by atoms with Crippen LogP contribution in [0.4, 0.5) is 0 Å². The van der Waals surface area contributed by atoms with Crippen molar-refractivity contribution in [3.63, 3.8) is 0 Å². The Hall–Kier alpha value is -0.830. The van der Waals surface area contributed by atoms with Gasteiger partial charge in [0.1, 0.15) is 5.82 Å². The van der Waals surface area contributed by atoms with Gasteiger partial charge in [-0.1, -0.05) is 27.7 Å². The third-order valence-electron chi connectivity index (χ3n) is 3.67. The van der Waals surface area contributed by atoms with Crippen molar-refractivity contribution in [2.45, 2.75) is 59.5 Å². The van der Waals surface area contributed by atoms with E-state index < -0.39 is 0 Å². The lowest BCUT2D eigenvalue weighted by Gasteiger charge is -2.45. The van der Waals surface area contributed by atoms with Crippen LogP contribution < -0.4 is 5.32 Å². The Morgan fingerprint density at radius 1 is 1.29 bits per heavy atom. The van der Waals surface area contributed by atoms with Crippen LogP contribution in [0, 0.1) is 10.8 Å². The number of H-pyrrole nitrogens is 1. The molecule has 1 fully saturated rings. The number of nitrogens with one attached hydrogen (secondary N) is 2. The number of imidazole rings is 1. The van der Waals surface area contributed by atoms with Gasteiger partial charge in [0.25, 0.3) is 0 Å². The number of hydrogen-bond donors (Lipinski definition) is 2. The Morgan fingerprint density at radius 3 is 2.47 bits per heavy atom. The van der Waals surface area contributed by atoms with Crippen molar-refractivity contribution in [1.29, 1.82) is 0 Å². The largest absolute Gasteiger partial charge is 0.348 e. The average molecular weight is 235 g/mol. The van der Waals surface area contributed by atoms with E-state index in [1.165, 1.54) is 19.3 Å². The van der Waals surface area contributed by atoms with Crippen LogP contribution in [-0.2, 0) is 6.54 Å². The molecule has 0 saturated heterocycles. The molecule has 2 rings (SSSR count). The van der Waals surface area contributed by atoms with Gasteiger partial charge in [-0.25, -0.2) is 4.98 Å². The molecule has 0 spiro atoms. The van der Waals surface area contributed by atoms with E-state index in [0.29, 0.717) is 16.9 Å². The maximum atomic E-state index is 4.26. The molecule has 0 bridgehead atoms. The molecule has 3 nitrogen and oxygen atoms in total. The van der Waals surface area contributed by atoms with Gasteiger partial charge in [0, 0.05) is 18.4 Å². The summed E-state index contributed by atoms with van der Waals surface area (Å²) in [5, 5.41) is 3.64. The molecule has 1 aromatic heterocycles. The first-order valence-corrected chi connectivity index (χ1v) is 6.58. The second-order valence-corrected chi connectivity index (χ2v) is 7.03. The molecule has 96 valence electrons. The van der Waals surface area contributed by atoms with Crippen molar-refractivity contribution < 1.29 is 0 Å². The molecule has 0 radical (unpaired) electrons. The van der Waals surface area contributed by atoms with E-state index in [1.807, 2.05) is 12.4 Å². The molecule has 0 atom stereocenters. The molecule has 1 aliphatic rings. The molecule has 1 saturated carbocycles. The van der Waals surface area contributed by atoms with Gasteiger partial charge in [0.2, 0.25) is 0 Å². The van der Waals surface area contributed by atoms with Gasteiger partial charge in [-0.05, 0) is 30.1 Å². The van der Waals surface area contributed by atoms with Crippen LogP contribution in [0.1, 0.15) is 52.8 Å². The second-order valence-electron chi connectivity index (χ2n) is 7.03. The van der Waals surface area contributed by atoms with Crippen molar-refractivity contribution in [3.8, 4) is 0 Å². The normalized spacial score (nSPS) is 23.8. The molecule has 0 aromatic carbocycles. The summed E-state index contributed by atoms with van der Waals surface area (Å²) < 4.78 is 0. The minimum Gasteiger partial charge on any atom is -0.348 e. The van der Waals surface area contributed by atoms with E-state index in [2.05, 4.69) is 43.0 Å². The summed E-state index contributed by atoms with van der Waals surface area (Å²) in [4.78, 5) is 7.40. The zero-order chi connectivity index (χ0) is 12.5. The van der Waals surface area contributed by atoms with Crippen molar-refractivity contribution in [1.82, 2.24) is 15.3 Å². The van der Waals surface area contributed by atoms with E-state index in [4.69, 9.17) is 0 Å². The minimum atomic E-state index is 0.447. The molecule has 0 aliphatic heterocycles. The Bertz CT molecular complexity index is 336. The summed E-state index contributed by atoms with van der Waals surface area (Å²) in [6.45, 7) is 10.4. The van der Waals surface area contributed by atoms with Gasteiger partial charge < -0.3 is 10.3 Å². The Balaban J connectivity index is 1.92. The molecular weight excluding hydrogens is 210 g/mol. The first kappa shape index (κ1) is 12.6. The van der Waals surface area contributed by atoms with E-state index >= 15 is 0 Å². The fourth-order valence-electron chi connectivity index (χ4n) is 3.63. The maximum absolute atomic E-state index is 4.26. The molecular formula is C14H25N3. The quantitative estimate of drug-likeness (QED) is 0.845. The number of rotatable bonds is 3. The number of aromatic nitrogens is 2. The van der Waals surface area contributed by atoms with Crippen LogP contribution >= 0.6 is 0 Å². The Labute approximate surface area is 104 Å². The maximum Gasteiger partial charge on any atom is 0.120 e. The Morgan fingerprint density at radius 2 is 1.94 bits per heavy atom. The van der Waals surface area contributed by atoms with E-state index in [0.717, 1.165) is 12.4 Å². The average Bonchev–Trinajstić information content (AvgIpc) is 2.61. The van der Waals surface area contributed by atoms with Crippen molar-refractivity contribution >= 4 is 0 Å². The SMILES string of the molecule is CC1(C)CC(NCc2ncc[nH]2)CC(C)(C)C1. The van der Waals surface area contributed by atoms with Crippen molar-refractivity contribution in [3.05, 3.63) is 18.2 Å². The minimum absolute atomic E-state index is 0.447. The first-order valence-electron chi connectivity index (χ1n) is 6.58. The standard InChI is InChI=1S/C14H25N3/c1-13(2)7-11(8-14(3,4)10-13)17-9-12-15-5-6-16-12/h5-6,11,17H,7-10H2,1-4H3,(H,15,16). The first-order chi connectivity index (χ1) is 7.86. The molecule has 1 heterocycles. The lowest BCUT2D eigenvalue weighted by Crippen LogP contribution is -2.43. The van der Waals surface area contributed by atoms with Crippen LogP contribution in [0.15, 0.2) is 12.4 Å². The summed E-state index contributed by atoms with van der Waals surface area (Å²) in [6.07, 6.45) is 7.53. The molecule has 1 aromatic rings. The van der Waals surface area contributed by atoms with Crippen LogP contribution in [0.5, 0.6) is 0 Å². The molecule has 2 N–H and O–H groups in total. The predicted molar refractivity (Wildman–Crippen MR) is 70.6 cm³/mol. The fraction of sp³-hybridized carbons (Fsp3) is 0.786. The topological polar surface area (TPSA) is 40.7 Å². The van der Waals surface area contributed by atoms with E-state index in [-0.39, 0.29) is 0 Å². The monoisotopic (exact) mass is 235 g/mol. The molecule has 0 amide bonds. The number of nitrogens with zero attached hydrogens (tertiary/aromatic N) is 1. The molecule has 1 aliphatic carbocycles. The number of hydrogen-bond acceptors (Lipinski definition) is 2. The summed E-state index contributed by atoms with van der Waals surface area (Å²) in [5.74, 6) is 1.03. The summed E-state index contributed by atoms with van der Waals surface area (Å²) in [7, 11) is 0. The smallest absolute Gasteiger partial charge is 0.120 e. The molecule has 17 heavy (non-hydrogen) atoms. The lowest BCUT2D eigenvalue weighted by atomic mass is 9.63. The highest BCUT2D eigenvalue weighted by Gasteiger charge is 2.38. The van der Waals surface area contributed by atoms with Gasteiger partial charge in [-0.3, -0.25) is 0 Å². The lowest BCUT2D eigenvalue weighted by molar-refractivity contribution is 0.0842. The third kappa shape index (κ3) is 3.56. The summed E-state index contributed by atoms with van der Waals surface area (Å²) in [5.41, 5.74) is 0.894. The predicted octanol–water partition coefficient (Wildman–Crippen LogP) is 3.10. The van der Waals surface area contributed by atoms with E-state index in [9.17, 15) is 0 Å². The van der Waals surface area contributed by atoms with Gasteiger partial charge in [-0.2, -0.15) is 0 Å². The van der Waals surface area contributed by atoms with Crippen LogP contribution in [0.3, 0.4) is 0 Å². The van der Waals surface area contributed by atoms with Gasteiger partial charge in [0.05, 0.1) is 6.54 Å². The van der Waals surface area contributed by atoms with Crippen molar-refractivity contribution in [2.75, 3.05) is 0 Å². The van der Waals surface area contributed by atoms with Crippen LogP contribution in [0.25, 0.3) is 0 Å².